The van der Waals surface area contributed by atoms with Crippen LogP contribution in [0.5, 0.6) is 0 Å². The van der Waals surface area contributed by atoms with Gasteiger partial charge < -0.3 is 14.8 Å². The molecule has 2 rings (SSSR count). The van der Waals surface area contributed by atoms with Gasteiger partial charge in [-0.25, -0.2) is 0 Å². The van der Waals surface area contributed by atoms with Gasteiger partial charge in [0.05, 0.1) is 18.5 Å². The lowest BCUT2D eigenvalue weighted by atomic mass is 10.1. The third-order valence-corrected chi connectivity index (χ3v) is 5.00. The fraction of sp³-hybridized carbons (Fsp3) is 0.286. The average molecular weight is 308 g/mol. The number of primary amides is 1. The first-order valence-corrected chi connectivity index (χ1v) is 8.14. The smallest absolute Gasteiger partial charge is 0.361 e. The maximum atomic E-state index is 12.8. The highest BCUT2D eigenvalue weighted by molar-refractivity contribution is 7.62. The Balaban J connectivity index is 2.63. The summed E-state index contributed by atoms with van der Waals surface area (Å²) >= 11 is 0. The van der Waals surface area contributed by atoms with E-state index in [2.05, 4.69) is 4.98 Å². The minimum absolute atomic E-state index is 0.133. The van der Waals surface area contributed by atoms with E-state index in [4.69, 9.17) is 14.8 Å². The summed E-state index contributed by atoms with van der Waals surface area (Å²) < 4.78 is 23.4. The van der Waals surface area contributed by atoms with E-state index < -0.39 is 13.5 Å². The molecule has 0 unspecified atom stereocenters. The molecule has 1 heterocycles. The third kappa shape index (κ3) is 3.13. The second kappa shape index (κ2) is 6.35. The predicted molar refractivity (Wildman–Crippen MR) is 80.8 cm³/mol. The summed E-state index contributed by atoms with van der Waals surface area (Å²) in [5.74, 6) is -0.639. The van der Waals surface area contributed by atoms with Gasteiger partial charge in [0.1, 0.15) is 5.69 Å². The van der Waals surface area contributed by atoms with Crippen LogP contribution in [0.25, 0.3) is 10.8 Å². The summed E-state index contributed by atoms with van der Waals surface area (Å²) in [5.41, 5.74) is 5.46. The lowest BCUT2D eigenvalue weighted by Gasteiger charge is -2.17. The molecule has 0 aliphatic rings. The monoisotopic (exact) mass is 308 g/mol. The molecular formula is C14H17N2O4P. The van der Waals surface area contributed by atoms with Gasteiger partial charge in [-0.15, -0.1) is 0 Å². The SMILES string of the molecule is CCOP(=O)(OCC)c1ccc2ccnc(C(N)=O)c2c1. The van der Waals surface area contributed by atoms with Crippen molar-refractivity contribution in [1.82, 2.24) is 4.98 Å². The summed E-state index contributed by atoms with van der Waals surface area (Å²) in [6.45, 7) is 3.99. The maximum absolute atomic E-state index is 12.8. The third-order valence-electron chi connectivity index (χ3n) is 2.90. The molecule has 1 amide bonds. The number of carbonyl (C=O) groups is 1. The molecule has 0 aliphatic carbocycles. The van der Waals surface area contributed by atoms with Crippen LogP contribution in [0.15, 0.2) is 30.5 Å². The topological polar surface area (TPSA) is 91.5 Å². The molecule has 6 nitrogen and oxygen atoms in total. The van der Waals surface area contributed by atoms with Crippen LogP contribution in [-0.4, -0.2) is 24.1 Å². The van der Waals surface area contributed by atoms with Crippen LogP contribution >= 0.6 is 7.60 Å². The van der Waals surface area contributed by atoms with Crippen molar-refractivity contribution in [3.05, 3.63) is 36.2 Å². The second-order valence-electron chi connectivity index (χ2n) is 4.26. The van der Waals surface area contributed by atoms with Crippen molar-refractivity contribution in [2.75, 3.05) is 13.2 Å². The Labute approximate surface area is 122 Å². The molecule has 0 bridgehead atoms. The Kier molecular flexibility index (Phi) is 4.73. The molecule has 1 aromatic heterocycles. The number of pyridine rings is 1. The summed E-state index contributed by atoms with van der Waals surface area (Å²) in [5, 5.41) is 1.69. The fourth-order valence-electron chi connectivity index (χ4n) is 2.05. The van der Waals surface area contributed by atoms with E-state index in [9.17, 15) is 9.36 Å². The number of aromatic nitrogens is 1. The van der Waals surface area contributed by atoms with Crippen molar-refractivity contribution in [1.29, 1.82) is 0 Å². The molecule has 0 aliphatic heterocycles. The van der Waals surface area contributed by atoms with E-state index in [1.54, 1.807) is 38.1 Å². The second-order valence-corrected chi connectivity index (χ2v) is 6.29. The van der Waals surface area contributed by atoms with E-state index in [1.165, 1.54) is 6.20 Å². The van der Waals surface area contributed by atoms with Gasteiger partial charge in [-0.3, -0.25) is 14.3 Å². The molecule has 0 spiro atoms. The Hall–Kier alpha value is -1.75. The van der Waals surface area contributed by atoms with Crippen molar-refractivity contribution in [3.63, 3.8) is 0 Å². The number of nitrogens with two attached hydrogens (primary N) is 1. The summed E-state index contributed by atoms with van der Waals surface area (Å²) in [7, 11) is -3.41. The van der Waals surface area contributed by atoms with Crippen LogP contribution < -0.4 is 11.0 Å². The van der Waals surface area contributed by atoms with Crippen molar-refractivity contribution in [2.45, 2.75) is 13.8 Å². The van der Waals surface area contributed by atoms with Gasteiger partial charge in [0.2, 0.25) is 0 Å². The summed E-state index contributed by atoms with van der Waals surface area (Å²) in [4.78, 5) is 15.4. The van der Waals surface area contributed by atoms with Gasteiger partial charge in [-0.05, 0) is 37.4 Å². The maximum Gasteiger partial charge on any atom is 0.361 e. The molecule has 1 aromatic carbocycles. The standard InChI is InChI=1S/C14H17N2O4P/c1-3-19-21(18,20-4-2)11-6-5-10-7-8-16-13(14(15)17)12(10)9-11/h5-9H,3-4H2,1-2H3,(H2,15,17). The van der Waals surface area contributed by atoms with Gasteiger partial charge in [-0.2, -0.15) is 0 Å². The molecule has 0 fully saturated rings. The fourth-order valence-corrected chi connectivity index (χ4v) is 3.65. The molecule has 2 N–H and O–H groups in total. The van der Waals surface area contributed by atoms with E-state index in [-0.39, 0.29) is 18.9 Å². The highest BCUT2D eigenvalue weighted by Crippen LogP contribution is 2.47. The van der Waals surface area contributed by atoms with E-state index >= 15 is 0 Å². The number of benzene rings is 1. The first-order valence-electron chi connectivity index (χ1n) is 6.60. The first kappa shape index (κ1) is 15.6. The van der Waals surface area contributed by atoms with E-state index in [1.807, 2.05) is 0 Å². The Morgan fingerprint density at radius 3 is 2.48 bits per heavy atom. The zero-order valence-electron chi connectivity index (χ0n) is 11.9. The number of carbonyl (C=O) groups excluding carboxylic acids is 1. The van der Waals surface area contributed by atoms with E-state index in [0.29, 0.717) is 10.7 Å². The number of hydrogen-bond acceptors (Lipinski definition) is 5. The van der Waals surface area contributed by atoms with Crippen molar-refractivity contribution in [2.24, 2.45) is 5.73 Å². The number of nitrogens with zero attached hydrogens (tertiary/aromatic N) is 1. The molecule has 2 aromatic rings. The summed E-state index contributed by atoms with van der Waals surface area (Å²) in [6.07, 6.45) is 1.51. The first-order chi connectivity index (χ1) is 10.0. The highest BCUT2D eigenvalue weighted by Gasteiger charge is 2.27. The zero-order valence-corrected chi connectivity index (χ0v) is 12.8. The van der Waals surface area contributed by atoms with Gasteiger partial charge >= 0.3 is 7.60 Å². The lowest BCUT2D eigenvalue weighted by Crippen LogP contribution is -2.15. The molecule has 21 heavy (non-hydrogen) atoms. The Morgan fingerprint density at radius 2 is 1.90 bits per heavy atom. The number of amides is 1. The van der Waals surface area contributed by atoms with Crippen LogP contribution in [0.3, 0.4) is 0 Å². The van der Waals surface area contributed by atoms with Crippen LogP contribution in [0.1, 0.15) is 24.3 Å². The predicted octanol–water partition coefficient (Wildman–Crippen LogP) is 2.23. The molecule has 0 radical (unpaired) electrons. The Morgan fingerprint density at radius 1 is 1.24 bits per heavy atom. The minimum atomic E-state index is -3.41. The minimum Gasteiger partial charge on any atom is -0.364 e. The highest BCUT2D eigenvalue weighted by atomic mass is 31.2. The summed E-state index contributed by atoms with van der Waals surface area (Å²) in [6, 6.07) is 6.75. The van der Waals surface area contributed by atoms with Crippen molar-refractivity contribution >= 4 is 29.6 Å². The largest absolute Gasteiger partial charge is 0.364 e. The molecule has 0 saturated heterocycles. The average Bonchev–Trinajstić information content (AvgIpc) is 2.46. The quantitative estimate of drug-likeness (QED) is 0.826. The van der Waals surface area contributed by atoms with E-state index in [0.717, 1.165) is 5.39 Å². The molecule has 112 valence electrons. The molecule has 0 atom stereocenters. The van der Waals surface area contributed by atoms with Crippen molar-refractivity contribution in [3.8, 4) is 0 Å². The molecule has 0 saturated carbocycles. The zero-order chi connectivity index (χ0) is 15.5. The van der Waals surface area contributed by atoms with Crippen LogP contribution in [-0.2, 0) is 13.6 Å². The molecular weight excluding hydrogens is 291 g/mol. The van der Waals surface area contributed by atoms with Gasteiger partial charge in [0, 0.05) is 11.6 Å². The van der Waals surface area contributed by atoms with Crippen LogP contribution in [0.2, 0.25) is 0 Å². The van der Waals surface area contributed by atoms with Crippen molar-refractivity contribution < 1.29 is 18.4 Å². The van der Waals surface area contributed by atoms with Gasteiger partial charge in [-0.1, -0.05) is 6.07 Å². The Bertz CT molecular complexity index is 707. The number of hydrogen-bond donors (Lipinski definition) is 1. The van der Waals surface area contributed by atoms with Crippen LogP contribution in [0.4, 0.5) is 0 Å². The molecule has 7 heteroatoms. The van der Waals surface area contributed by atoms with Gasteiger partial charge in [0.15, 0.2) is 0 Å². The lowest BCUT2D eigenvalue weighted by molar-refractivity contribution is 0.0997. The van der Waals surface area contributed by atoms with Crippen LogP contribution in [0, 0.1) is 0 Å². The number of rotatable bonds is 6. The normalized spacial score (nSPS) is 11.7. The van der Waals surface area contributed by atoms with Gasteiger partial charge in [0.25, 0.3) is 5.91 Å². The number of fused-ring (bicyclic) bond motifs is 1.